The van der Waals surface area contributed by atoms with E-state index in [1.807, 2.05) is 0 Å². The molecule has 1 heterocycles. The van der Waals surface area contributed by atoms with Crippen LogP contribution < -0.4 is 0 Å². The number of rotatable bonds is 3. The van der Waals surface area contributed by atoms with Crippen molar-refractivity contribution in [1.29, 1.82) is 0 Å². The van der Waals surface area contributed by atoms with Crippen molar-refractivity contribution < 1.29 is 22.6 Å². The molecule has 8 heteroatoms. The minimum Gasteiger partial charge on any atom is -0.364 e. The van der Waals surface area contributed by atoms with Crippen molar-refractivity contribution in [2.45, 2.75) is 13.0 Å². The van der Waals surface area contributed by atoms with Crippen LogP contribution in [0.1, 0.15) is 17.3 Å². The molecule has 0 bridgehead atoms. The van der Waals surface area contributed by atoms with Crippen LogP contribution in [0.4, 0.5) is 0 Å². The molecule has 1 saturated heterocycles. The molecule has 20 heavy (non-hydrogen) atoms. The fourth-order valence-corrected chi connectivity index (χ4v) is 2.91. The van der Waals surface area contributed by atoms with Gasteiger partial charge in [-0.25, -0.2) is 4.79 Å². The Morgan fingerprint density at radius 1 is 1.30 bits per heavy atom. The van der Waals surface area contributed by atoms with Crippen LogP contribution in [0.25, 0.3) is 0 Å². The van der Waals surface area contributed by atoms with E-state index < -0.39 is 22.3 Å². The smallest absolute Gasteiger partial charge is 0.357 e. The number of hydrogen-bond acceptors (Lipinski definition) is 5. The van der Waals surface area contributed by atoms with Crippen LogP contribution in [0, 0.1) is 0 Å². The highest BCUT2D eigenvalue weighted by atomic mass is 32.2. The van der Waals surface area contributed by atoms with Crippen molar-refractivity contribution in [2.75, 3.05) is 19.6 Å². The standard InChI is InChI=1S/C12H16N2O5S/c1-10-9-13(7-8-14(10)20(16,17)18)19-12(15)11-5-3-2-4-6-11/h2-6,10H,7-9H2,1H3,(H,16,17,18). The van der Waals surface area contributed by atoms with Gasteiger partial charge in [0.25, 0.3) is 0 Å². The van der Waals surface area contributed by atoms with Gasteiger partial charge in [0.05, 0.1) is 12.1 Å². The summed E-state index contributed by atoms with van der Waals surface area (Å²) in [5.74, 6) is -0.488. The molecule has 1 N–H and O–H groups in total. The van der Waals surface area contributed by atoms with E-state index in [4.69, 9.17) is 9.39 Å². The molecule has 0 amide bonds. The topological polar surface area (TPSA) is 87.2 Å². The Morgan fingerprint density at radius 2 is 1.95 bits per heavy atom. The second-order valence-electron chi connectivity index (χ2n) is 4.57. The maximum Gasteiger partial charge on any atom is 0.357 e. The van der Waals surface area contributed by atoms with Crippen LogP contribution in [-0.4, -0.2) is 54.0 Å². The molecule has 1 atom stereocenters. The second-order valence-corrected chi connectivity index (χ2v) is 5.93. The summed E-state index contributed by atoms with van der Waals surface area (Å²) in [4.78, 5) is 17.1. The first kappa shape index (κ1) is 14.9. The molecule has 7 nitrogen and oxygen atoms in total. The van der Waals surface area contributed by atoms with Gasteiger partial charge in [-0.1, -0.05) is 18.2 Å². The molecule has 110 valence electrons. The van der Waals surface area contributed by atoms with Crippen LogP contribution in [0.15, 0.2) is 30.3 Å². The maximum atomic E-state index is 11.9. The molecule has 0 radical (unpaired) electrons. The van der Waals surface area contributed by atoms with E-state index in [1.54, 1.807) is 37.3 Å². The number of piperazine rings is 1. The number of nitrogens with zero attached hydrogens (tertiary/aromatic N) is 2. The van der Waals surface area contributed by atoms with Gasteiger partial charge in [-0.3, -0.25) is 4.55 Å². The summed E-state index contributed by atoms with van der Waals surface area (Å²) in [5, 5.41) is 1.40. The van der Waals surface area contributed by atoms with Crippen molar-refractivity contribution in [3.8, 4) is 0 Å². The molecule has 1 aliphatic rings. The summed E-state index contributed by atoms with van der Waals surface area (Å²) in [6.07, 6.45) is 0. The molecule has 0 saturated carbocycles. The van der Waals surface area contributed by atoms with E-state index in [0.717, 1.165) is 4.31 Å². The van der Waals surface area contributed by atoms with E-state index in [2.05, 4.69) is 0 Å². The highest BCUT2D eigenvalue weighted by molar-refractivity contribution is 7.83. The lowest BCUT2D eigenvalue weighted by atomic mass is 10.2. The fraction of sp³-hybridized carbons (Fsp3) is 0.417. The number of hydrogen-bond donors (Lipinski definition) is 1. The first-order valence-electron chi connectivity index (χ1n) is 6.14. The molecule has 1 aromatic rings. The SMILES string of the molecule is CC1CN(OC(=O)c2ccccc2)CCN1S(=O)(=O)O. The minimum atomic E-state index is -4.21. The third-order valence-corrected chi connectivity index (χ3v) is 4.18. The largest absolute Gasteiger partial charge is 0.364 e. The third-order valence-electron chi connectivity index (χ3n) is 3.05. The Hall–Kier alpha value is -1.48. The number of carbonyl (C=O) groups is 1. The lowest BCUT2D eigenvalue weighted by Gasteiger charge is -2.35. The lowest BCUT2D eigenvalue weighted by Crippen LogP contribution is -2.53. The first-order valence-corrected chi connectivity index (χ1v) is 7.54. The van der Waals surface area contributed by atoms with E-state index in [0.29, 0.717) is 5.56 Å². The van der Waals surface area contributed by atoms with Crippen molar-refractivity contribution in [2.24, 2.45) is 0 Å². The van der Waals surface area contributed by atoms with Gasteiger partial charge in [-0.15, -0.1) is 5.06 Å². The average Bonchev–Trinajstić information content (AvgIpc) is 2.38. The molecule has 0 aliphatic carbocycles. The summed E-state index contributed by atoms with van der Waals surface area (Å²) in [6.45, 7) is 2.12. The zero-order valence-corrected chi connectivity index (χ0v) is 11.8. The third kappa shape index (κ3) is 3.54. The Balaban J connectivity index is 1.96. The van der Waals surface area contributed by atoms with Crippen LogP contribution in [0.2, 0.25) is 0 Å². The van der Waals surface area contributed by atoms with E-state index in [1.165, 1.54) is 5.06 Å². The van der Waals surface area contributed by atoms with Gasteiger partial charge in [0.15, 0.2) is 0 Å². The number of hydroxylamine groups is 2. The number of carbonyl (C=O) groups excluding carboxylic acids is 1. The Labute approximate surface area is 117 Å². The summed E-state index contributed by atoms with van der Waals surface area (Å²) >= 11 is 0. The molecular weight excluding hydrogens is 284 g/mol. The van der Waals surface area contributed by atoms with Crippen molar-refractivity contribution in [3.05, 3.63) is 35.9 Å². The number of benzene rings is 1. The molecule has 2 rings (SSSR count). The molecule has 1 unspecified atom stereocenters. The van der Waals surface area contributed by atoms with Crippen molar-refractivity contribution in [1.82, 2.24) is 9.37 Å². The molecule has 0 aromatic heterocycles. The summed E-state index contributed by atoms with van der Waals surface area (Å²) in [6, 6.07) is 8.07. The zero-order chi connectivity index (χ0) is 14.8. The first-order chi connectivity index (χ1) is 9.38. The minimum absolute atomic E-state index is 0.0715. The fourth-order valence-electron chi connectivity index (χ4n) is 2.08. The molecular formula is C12H16N2O5S. The Morgan fingerprint density at radius 3 is 2.50 bits per heavy atom. The monoisotopic (exact) mass is 300 g/mol. The molecule has 1 aliphatic heterocycles. The highest BCUT2D eigenvalue weighted by Gasteiger charge is 2.32. The van der Waals surface area contributed by atoms with Gasteiger partial charge in [0, 0.05) is 19.1 Å². The van der Waals surface area contributed by atoms with Crippen LogP contribution in [0.3, 0.4) is 0 Å². The van der Waals surface area contributed by atoms with Gasteiger partial charge in [0.1, 0.15) is 0 Å². The van der Waals surface area contributed by atoms with Crippen molar-refractivity contribution in [3.63, 3.8) is 0 Å². The summed E-state index contributed by atoms with van der Waals surface area (Å²) in [7, 11) is -4.21. The van der Waals surface area contributed by atoms with E-state index in [-0.39, 0.29) is 19.6 Å². The Kier molecular flexibility index (Phi) is 4.39. The highest BCUT2D eigenvalue weighted by Crippen LogP contribution is 2.14. The lowest BCUT2D eigenvalue weighted by molar-refractivity contribution is -0.132. The average molecular weight is 300 g/mol. The van der Waals surface area contributed by atoms with Crippen molar-refractivity contribution >= 4 is 16.3 Å². The summed E-state index contributed by atoms with van der Waals surface area (Å²) in [5.41, 5.74) is 0.428. The van der Waals surface area contributed by atoms with Gasteiger partial charge < -0.3 is 4.84 Å². The zero-order valence-electron chi connectivity index (χ0n) is 11.0. The van der Waals surface area contributed by atoms with E-state index in [9.17, 15) is 13.2 Å². The van der Waals surface area contributed by atoms with Gasteiger partial charge in [-0.2, -0.15) is 12.7 Å². The van der Waals surface area contributed by atoms with Crippen LogP contribution in [-0.2, 0) is 15.1 Å². The van der Waals surface area contributed by atoms with Gasteiger partial charge in [0.2, 0.25) is 0 Å². The molecule has 0 spiro atoms. The molecule has 1 aromatic carbocycles. The molecule has 1 fully saturated rings. The van der Waals surface area contributed by atoms with Gasteiger partial charge in [-0.05, 0) is 19.1 Å². The predicted octanol–water partition coefficient (Wildman–Crippen LogP) is 0.567. The van der Waals surface area contributed by atoms with Gasteiger partial charge >= 0.3 is 16.3 Å². The Bertz CT molecular complexity index is 575. The summed E-state index contributed by atoms with van der Waals surface area (Å²) < 4.78 is 32.2. The van der Waals surface area contributed by atoms with Crippen LogP contribution >= 0.6 is 0 Å². The second kappa shape index (κ2) is 5.88. The normalized spacial score (nSPS) is 21.6. The van der Waals surface area contributed by atoms with Crippen LogP contribution in [0.5, 0.6) is 0 Å². The predicted molar refractivity (Wildman–Crippen MR) is 71.1 cm³/mol. The van der Waals surface area contributed by atoms with E-state index >= 15 is 0 Å². The maximum absolute atomic E-state index is 11.9. The quantitative estimate of drug-likeness (QED) is 0.821.